The van der Waals surface area contributed by atoms with Crippen molar-refractivity contribution in [3.05, 3.63) is 65.7 Å². The highest BCUT2D eigenvalue weighted by Gasteiger charge is 2.15. The Hall–Kier alpha value is -2.95. The summed E-state index contributed by atoms with van der Waals surface area (Å²) in [6.45, 7) is 1.34. The Bertz CT molecular complexity index is 1170. The summed E-state index contributed by atoms with van der Waals surface area (Å²) in [5.74, 6) is 0.755. The number of benzene rings is 3. The van der Waals surface area contributed by atoms with Crippen LogP contribution in [0, 0.1) is 0 Å². The molecule has 6 nitrogen and oxygen atoms in total. The van der Waals surface area contributed by atoms with E-state index >= 15 is 0 Å². The number of rotatable bonds is 6. The number of hydrogen-bond donors (Lipinski definition) is 2. The largest absolute Gasteiger partial charge is 0.507 e. The maximum atomic E-state index is 11.8. The van der Waals surface area contributed by atoms with Crippen molar-refractivity contribution in [3.63, 3.8) is 0 Å². The Balaban J connectivity index is 1.95. The lowest BCUT2D eigenvalue weighted by Gasteiger charge is -2.16. The molecule has 3 aromatic rings. The maximum absolute atomic E-state index is 11.8. The molecule has 0 fully saturated rings. The predicted molar refractivity (Wildman–Crippen MR) is 127 cm³/mol. The van der Waals surface area contributed by atoms with Gasteiger partial charge in [-0.3, -0.25) is 4.57 Å². The fraction of sp³-hybridized carbons (Fsp3) is 0.136. The number of esters is 1. The van der Waals surface area contributed by atoms with Gasteiger partial charge in [-0.05, 0) is 52.4 Å². The second-order valence-electron chi connectivity index (χ2n) is 7.62. The first-order valence-electron chi connectivity index (χ1n) is 9.66. The van der Waals surface area contributed by atoms with Crippen LogP contribution in [0.4, 0.5) is 0 Å². The maximum Gasteiger partial charge on any atom is 0.337 e. The summed E-state index contributed by atoms with van der Waals surface area (Å²) in [5, 5.41) is 10.4. The number of hydrogen-bond acceptors (Lipinski definition) is 5. The molecule has 3 aromatic carbocycles. The molecule has 0 saturated carbocycles. The van der Waals surface area contributed by atoms with Gasteiger partial charge in [0.1, 0.15) is 32.9 Å². The normalized spacial score (nSPS) is 12.7. The molecule has 3 rings (SSSR count). The molecule has 9 heteroatoms. The number of phenols is 1. The van der Waals surface area contributed by atoms with Crippen LogP contribution < -0.4 is 15.7 Å². The van der Waals surface area contributed by atoms with Crippen LogP contribution in [0.1, 0.15) is 15.9 Å². The fourth-order valence-electron chi connectivity index (χ4n) is 3.49. The molecule has 0 aliphatic carbocycles. The fourth-order valence-corrected chi connectivity index (χ4v) is 4.35. The van der Waals surface area contributed by atoms with E-state index in [4.69, 9.17) is 9.47 Å². The summed E-state index contributed by atoms with van der Waals surface area (Å²) >= 11 is 0. The van der Waals surface area contributed by atoms with Crippen molar-refractivity contribution in [2.24, 2.45) is 0 Å². The number of aromatic hydroxyl groups is 1. The first-order valence-corrected chi connectivity index (χ1v) is 12.0. The van der Waals surface area contributed by atoms with E-state index in [1.54, 1.807) is 36.4 Å². The van der Waals surface area contributed by atoms with Crippen molar-refractivity contribution in [1.29, 1.82) is 0 Å². The Morgan fingerprint density at radius 1 is 1.06 bits per heavy atom. The van der Waals surface area contributed by atoms with E-state index in [2.05, 4.69) is 0 Å². The average Bonchev–Trinajstić information content (AvgIpc) is 2.70. The summed E-state index contributed by atoms with van der Waals surface area (Å²) in [5.41, 5.74) is 4.00. The molecule has 0 saturated heterocycles. The van der Waals surface area contributed by atoms with E-state index in [0.717, 1.165) is 16.5 Å². The summed E-state index contributed by atoms with van der Waals surface area (Å²) in [4.78, 5) is 21.5. The predicted octanol–water partition coefficient (Wildman–Crippen LogP) is 1.56. The number of carbonyl (C=O) groups excluding carboxylic acids is 1. The van der Waals surface area contributed by atoms with Crippen molar-refractivity contribution >= 4 is 40.0 Å². The molecule has 0 spiro atoms. The third kappa shape index (κ3) is 5.60. The first kappa shape index (κ1) is 22.7. The second kappa shape index (κ2) is 9.04. The van der Waals surface area contributed by atoms with E-state index in [0.29, 0.717) is 28.2 Å². The van der Waals surface area contributed by atoms with Gasteiger partial charge in [0.15, 0.2) is 0 Å². The van der Waals surface area contributed by atoms with Crippen LogP contribution in [0.2, 0.25) is 0 Å². The topological polar surface area (TPSA) is 93.1 Å². The molecule has 0 aliphatic heterocycles. The summed E-state index contributed by atoms with van der Waals surface area (Å²) < 4.78 is 22.6. The number of methoxy groups -OCH3 is 1. The zero-order valence-corrected chi connectivity index (χ0v) is 18.8. The highest BCUT2D eigenvalue weighted by molar-refractivity contribution is 7.56. The quantitative estimate of drug-likeness (QED) is 0.346. The van der Waals surface area contributed by atoms with Crippen molar-refractivity contribution < 1.29 is 28.8 Å². The van der Waals surface area contributed by atoms with Crippen molar-refractivity contribution in [2.45, 2.75) is 6.16 Å². The van der Waals surface area contributed by atoms with Gasteiger partial charge in [-0.2, -0.15) is 0 Å². The molecule has 0 bridgehead atoms. The Morgan fingerprint density at radius 3 is 2.35 bits per heavy atom. The van der Waals surface area contributed by atoms with Gasteiger partial charge in [0.2, 0.25) is 7.37 Å². The molecule has 0 amide bonds. The lowest BCUT2D eigenvalue weighted by Crippen LogP contribution is -2.20. The lowest BCUT2D eigenvalue weighted by atomic mass is 9.84. The molecular formula is C22H23B2O6P. The molecule has 0 heterocycles. The molecule has 0 radical (unpaired) electrons. The smallest absolute Gasteiger partial charge is 0.337 e. The van der Waals surface area contributed by atoms with Gasteiger partial charge in [0.05, 0.1) is 12.7 Å². The van der Waals surface area contributed by atoms with E-state index in [-0.39, 0.29) is 11.9 Å². The average molecular weight is 436 g/mol. The standard InChI is InChI=1S/C22H23B2O6P/c1-29-22(26)15-5-3-4-14(10-15)17-11-16(6-7-20(17)25)30-21-18(23)8-13(9-19(21)24)12-31(2,27)28/h3-11,25H,12,23-24H2,1-2H3,(H,27,28). The Labute approximate surface area is 183 Å². The highest BCUT2D eigenvalue weighted by Crippen LogP contribution is 2.39. The van der Waals surface area contributed by atoms with Crippen LogP contribution in [0.25, 0.3) is 11.1 Å². The van der Waals surface area contributed by atoms with Crippen molar-refractivity contribution in [2.75, 3.05) is 13.8 Å². The van der Waals surface area contributed by atoms with Gasteiger partial charge < -0.3 is 19.5 Å². The first-order chi connectivity index (χ1) is 14.6. The molecule has 2 N–H and O–H groups in total. The summed E-state index contributed by atoms with van der Waals surface area (Å²) in [7, 11) is 1.91. The Kier molecular flexibility index (Phi) is 6.63. The van der Waals surface area contributed by atoms with Crippen LogP contribution in [-0.4, -0.2) is 45.4 Å². The van der Waals surface area contributed by atoms with Crippen LogP contribution >= 0.6 is 7.37 Å². The minimum atomic E-state index is -3.17. The molecule has 158 valence electrons. The number of phenolic OH excluding ortho intramolecular Hbond substituents is 1. The van der Waals surface area contributed by atoms with Crippen molar-refractivity contribution in [1.82, 2.24) is 0 Å². The van der Waals surface area contributed by atoms with Crippen LogP contribution in [0.15, 0.2) is 54.6 Å². The minimum absolute atomic E-state index is 0.0554. The SMILES string of the molecule is Bc1cc(CP(C)(=O)O)cc(B)c1Oc1ccc(O)c(-c2cccc(C(=O)OC)c2)c1. The second-order valence-corrected chi connectivity index (χ2v) is 10.0. The van der Waals surface area contributed by atoms with E-state index in [9.17, 15) is 19.4 Å². The van der Waals surface area contributed by atoms with Crippen LogP contribution in [-0.2, 0) is 15.5 Å². The van der Waals surface area contributed by atoms with E-state index in [1.807, 2.05) is 27.8 Å². The Morgan fingerprint density at radius 2 is 1.74 bits per heavy atom. The highest BCUT2D eigenvalue weighted by atomic mass is 31.2. The van der Waals surface area contributed by atoms with Crippen LogP contribution in [0.3, 0.4) is 0 Å². The lowest BCUT2D eigenvalue weighted by molar-refractivity contribution is 0.0600. The van der Waals surface area contributed by atoms with Gasteiger partial charge >= 0.3 is 5.97 Å². The molecular weight excluding hydrogens is 413 g/mol. The van der Waals surface area contributed by atoms with E-state index in [1.165, 1.54) is 19.8 Å². The third-order valence-electron chi connectivity index (χ3n) is 4.78. The van der Waals surface area contributed by atoms with E-state index < -0.39 is 13.3 Å². The van der Waals surface area contributed by atoms with Gasteiger partial charge in [0.25, 0.3) is 0 Å². The van der Waals surface area contributed by atoms with Crippen molar-refractivity contribution in [3.8, 4) is 28.4 Å². The molecule has 1 unspecified atom stereocenters. The summed E-state index contributed by atoms with van der Waals surface area (Å²) in [6.07, 6.45) is 0.106. The molecule has 31 heavy (non-hydrogen) atoms. The minimum Gasteiger partial charge on any atom is -0.507 e. The van der Waals surface area contributed by atoms with Crippen LogP contribution in [0.5, 0.6) is 17.2 Å². The molecule has 0 aromatic heterocycles. The zero-order chi connectivity index (χ0) is 22.8. The zero-order valence-electron chi connectivity index (χ0n) is 17.9. The third-order valence-corrected chi connectivity index (χ3v) is 5.73. The van der Waals surface area contributed by atoms with Gasteiger partial charge in [-0.1, -0.05) is 24.3 Å². The molecule has 0 aliphatic rings. The number of carbonyl (C=O) groups is 1. The number of ether oxygens (including phenoxy) is 2. The summed E-state index contributed by atoms with van der Waals surface area (Å²) in [6, 6.07) is 15.4. The van der Waals surface area contributed by atoms with Gasteiger partial charge in [-0.25, -0.2) is 4.79 Å². The van der Waals surface area contributed by atoms with Gasteiger partial charge in [0, 0.05) is 18.4 Å². The molecule has 1 atom stereocenters. The monoisotopic (exact) mass is 436 g/mol. The van der Waals surface area contributed by atoms with Gasteiger partial charge in [-0.15, -0.1) is 0 Å².